The molecule has 0 saturated carbocycles. The third-order valence-corrected chi connectivity index (χ3v) is 5.50. The number of nitrogens with one attached hydrogen (secondary N) is 3. The van der Waals surface area contributed by atoms with Gasteiger partial charge in [-0.05, 0) is 55.0 Å². The average molecular weight is 499 g/mol. The Morgan fingerprint density at radius 2 is 1.68 bits per heavy atom. The standard InChI is InChI=1S/C28H30N6O3/c1-18-7-6-8-20(15-18)34-25(17-24(33-34)28(2,3)4)32-27(36)31-19-9-11-21(12-10-19)37-22-13-14-30-23(16-22)26(35)29-5/h6-17H,1-5H3,(H,29,35)(H2,31,32,36). The molecule has 9 nitrogen and oxygen atoms in total. The largest absolute Gasteiger partial charge is 0.457 e. The minimum atomic E-state index is -0.396. The molecule has 3 amide bonds. The van der Waals surface area contributed by atoms with Crippen LogP contribution in [0, 0.1) is 6.92 Å². The molecule has 0 atom stereocenters. The highest BCUT2D eigenvalue weighted by molar-refractivity contribution is 5.99. The van der Waals surface area contributed by atoms with Gasteiger partial charge >= 0.3 is 6.03 Å². The summed E-state index contributed by atoms with van der Waals surface area (Å²) in [5.74, 6) is 1.30. The second-order valence-electron chi connectivity index (χ2n) is 9.58. The summed E-state index contributed by atoms with van der Waals surface area (Å²) in [5, 5.41) is 13.0. The summed E-state index contributed by atoms with van der Waals surface area (Å²) < 4.78 is 7.56. The van der Waals surface area contributed by atoms with Gasteiger partial charge in [0.05, 0.1) is 11.4 Å². The van der Waals surface area contributed by atoms with Gasteiger partial charge in [0.15, 0.2) is 0 Å². The van der Waals surface area contributed by atoms with Crippen molar-refractivity contribution in [3.05, 3.63) is 89.9 Å². The van der Waals surface area contributed by atoms with Crippen molar-refractivity contribution < 1.29 is 14.3 Å². The van der Waals surface area contributed by atoms with E-state index in [0.29, 0.717) is 23.0 Å². The third kappa shape index (κ3) is 6.32. The van der Waals surface area contributed by atoms with E-state index in [1.54, 1.807) is 48.1 Å². The number of benzene rings is 2. The lowest BCUT2D eigenvalue weighted by Gasteiger charge is -2.14. The summed E-state index contributed by atoms with van der Waals surface area (Å²) in [7, 11) is 1.54. The molecule has 37 heavy (non-hydrogen) atoms. The molecule has 0 spiro atoms. The maximum atomic E-state index is 12.9. The van der Waals surface area contributed by atoms with E-state index in [-0.39, 0.29) is 17.0 Å². The number of carbonyl (C=O) groups is 2. The molecule has 0 aliphatic rings. The lowest BCUT2D eigenvalue weighted by Crippen LogP contribution is -2.21. The minimum Gasteiger partial charge on any atom is -0.457 e. The van der Waals surface area contributed by atoms with Crippen LogP contribution in [0.25, 0.3) is 5.69 Å². The van der Waals surface area contributed by atoms with Crippen molar-refractivity contribution in [2.75, 3.05) is 17.7 Å². The van der Waals surface area contributed by atoms with Gasteiger partial charge in [-0.3, -0.25) is 15.1 Å². The lowest BCUT2D eigenvalue weighted by atomic mass is 9.92. The van der Waals surface area contributed by atoms with Gasteiger partial charge in [-0.1, -0.05) is 32.9 Å². The Bertz CT molecular complexity index is 1420. The molecule has 0 bridgehead atoms. The first-order chi connectivity index (χ1) is 17.6. The molecule has 0 fully saturated rings. The van der Waals surface area contributed by atoms with Gasteiger partial charge < -0.3 is 15.4 Å². The number of urea groups is 1. The molecule has 2 aromatic heterocycles. The van der Waals surface area contributed by atoms with Crippen molar-refractivity contribution in [3.63, 3.8) is 0 Å². The molecular weight excluding hydrogens is 468 g/mol. The van der Waals surface area contributed by atoms with Crippen LogP contribution in [0.1, 0.15) is 42.5 Å². The highest BCUT2D eigenvalue weighted by Crippen LogP contribution is 2.27. The second kappa shape index (κ2) is 10.5. The average Bonchev–Trinajstić information content (AvgIpc) is 3.29. The van der Waals surface area contributed by atoms with Gasteiger partial charge in [0.2, 0.25) is 0 Å². The van der Waals surface area contributed by atoms with Crippen molar-refractivity contribution in [1.29, 1.82) is 0 Å². The van der Waals surface area contributed by atoms with Crippen LogP contribution in [0.5, 0.6) is 11.5 Å². The van der Waals surface area contributed by atoms with Crippen LogP contribution in [-0.4, -0.2) is 33.8 Å². The molecule has 9 heteroatoms. The first kappa shape index (κ1) is 25.4. The number of nitrogens with zero attached hydrogens (tertiary/aromatic N) is 3. The zero-order valence-electron chi connectivity index (χ0n) is 21.5. The molecule has 3 N–H and O–H groups in total. The van der Waals surface area contributed by atoms with E-state index in [2.05, 4.69) is 41.7 Å². The predicted molar refractivity (Wildman–Crippen MR) is 144 cm³/mol. The number of aryl methyl sites for hydroxylation is 1. The fourth-order valence-corrected chi connectivity index (χ4v) is 3.54. The normalized spacial score (nSPS) is 11.1. The Morgan fingerprint density at radius 3 is 2.35 bits per heavy atom. The molecule has 0 saturated heterocycles. The molecule has 2 aromatic carbocycles. The zero-order chi connectivity index (χ0) is 26.6. The van der Waals surface area contributed by atoms with Gasteiger partial charge in [0.25, 0.3) is 5.91 Å². The fourth-order valence-electron chi connectivity index (χ4n) is 3.54. The summed E-state index contributed by atoms with van der Waals surface area (Å²) in [4.78, 5) is 28.7. The molecule has 0 aliphatic carbocycles. The Labute approximate surface area is 215 Å². The minimum absolute atomic E-state index is 0.187. The highest BCUT2D eigenvalue weighted by atomic mass is 16.5. The van der Waals surface area contributed by atoms with Crippen molar-refractivity contribution in [3.8, 4) is 17.2 Å². The lowest BCUT2D eigenvalue weighted by molar-refractivity contribution is 0.0958. The molecule has 0 radical (unpaired) electrons. The number of anilines is 2. The Hall–Kier alpha value is -4.66. The van der Waals surface area contributed by atoms with E-state index in [0.717, 1.165) is 16.9 Å². The van der Waals surface area contributed by atoms with Crippen molar-refractivity contribution in [1.82, 2.24) is 20.1 Å². The number of aromatic nitrogens is 3. The summed E-state index contributed by atoms with van der Waals surface area (Å²) in [5.41, 5.74) is 3.48. The van der Waals surface area contributed by atoms with E-state index < -0.39 is 6.03 Å². The van der Waals surface area contributed by atoms with Crippen LogP contribution in [0.15, 0.2) is 72.9 Å². The Morgan fingerprint density at radius 1 is 0.919 bits per heavy atom. The van der Waals surface area contributed by atoms with Crippen LogP contribution in [0.4, 0.5) is 16.3 Å². The van der Waals surface area contributed by atoms with Gasteiger partial charge in [-0.15, -0.1) is 0 Å². The molecule has 0 aliphatic heterocycles. The SMILES string of the molecule is CNC(=O)c1cc(Oc2ccc(NC(=O)Nc3cc(C(C)(C)C)nn3-c3cccc(C)c3)cc2)ccn1. The number of carbonyl (C=O) groups excluding carboxylic acids is 2. The summed E-state index contributed by atoms with van der Waals surface area (Å²) in [6.45, 7) is 8.25. The Balaban J connectivity index is 1.46. The van der Waals surface area contributed by atoms with Gasteiger partial charge in [0, 0.05) is 36.5 Å². The first-order valence-corrected chi connectivity index (χ1v) is 11.8. The molecule has 0 unspecified atom stereocenters. The number of hydrogen-bond acceptors (Lipinski definition) is 5. The number of pyridine rings is 1. The quantitative estimate of drug-likeness (QED) is 0.317. The van der Waals surface area contributed by atoms with Gasteiger partial charge in [-0.2, -0.15) is 5.10 Å². The maximum absolute atomic E-state index is 12.9. The molecule has 190 valence electrons. The molecule has 2 heterocycles. The van der Waals surface area contributed by atoms with Crippen LogP contribution >= 0.6 is 0 Å². The van der Waals surface area contributed by atoms with E-state index in [9.17, 15) is 9.59 Å². The van der Waals surface area contributed by atoms with E-state index in [1.807, 2.05) is 37.3 Å². The highest BCUT2D eigenvalue weighted by Gasteiger charge is 2.21. The van der Waals surface area contributed by atoms with E-state index in [4.69, 9.17) is 9.84 Å². The summed E-state index contributed by atoms with van der Waals surface area (Å²) in [6, 6.07) is 19.6. The zero-order valence-corrected chi connectivity index (χ0v) is 21.5. The number of amides is 3. The van der Waals surface area contributed by atoms with Gasteiger partial charge in [0.1, 0.15) is 23.0 Å². The van der Waals surface area contributed by atoms with E-state index >= 15 is 0 Å². The number of ether oxygens (including phenoxy) is 1. The number of hydrogen-bond donors (Lipinski definition) is 3. The molecule has 4 rings (SSSR count). The second-order valence-corrected chi connectivity index (χ2v) is 9.58. The third-order valence-electron chi connectivity index (χ3n) is 5.50. The van der Waals surface area contributed by atoms with Crippen LogP contribution in [0.3, 0.4) is 0 Å². The number of rotatable bonds is 6. The topological polar surface area (TPSA) is 110 Å². The van der Waals surface area contributed by atoms with Crippen LogP contribution in [-0.2, 0) is 5.41 Å². The van der Waals surface area contributed by atoms with Crippen LogP contribution in [0.2, 0.25) is 0 Å². The molecular formula is C28H30N6O3. The maximum Gasteiger partial charge on any atom is 0.324 e. The Kier molecular flexibility index (Phi) is 7.24. The van der Waals surface area contributed by atoms with Crippen LogP contribution < -0.4 is 20.7 Å². The van der Waals surface area contributed by atoms with Crippen molar-refractivity contribution in [2.45, 2.75) is 33.1 Å². The van der Waals surface area contributed by atoms with Crippen molar-refractivity contribution >= 4 is 23.4 Å². The van der Waals surface area contributed by atoms with Gasteiger partial charge in [-0.25, -0.2) is 9.48 Å². The summed E-state index contributed by atoms with van der Waals surface area (Å²) >= 11 is 0. The smallest absolute Gasteiger partial charge is 0.324 e. The van der Waals surface area contributed by atoms with E-state index in [1.165, 1.54) is 6.20 Å². The predicted octanol–water partition coefficient (Wildman–Crippen LogP) is 5.67. The molecule has 4 aromatic rings. The monoisotopic (exact) mass is 498 g/mol. The first-order valence-electron chi connectivity index (χ1n) is 11.8. The summed E-state index contributed by atoms with van der Waals surface area (Å²) in [6.07, 6.45) is 1.51. The fraction of sp³-hybridized carbons (Fsp3) is 0.214. The van der Waals surface area contributed by atoms with Crippen molar-refractivity contribution in [2.24, 2.45) is 0 Å².